The molecule has 0 spiro atoms. The van der Waals surface area contributed by atoms with Crippen molar-refractivity contribution in [1.29, 1.82) is 0 Å². The Kier molecular flexibility index (Phi) is 2.75. The van der Waals surface area contributed by atoms with Gasteiger partial charge in [-0.05, 0) is 37.8 Å². The number of ketones is 1. The van der Waals surface area contributed by atoms with E-state index in [9.17, 15) is 4.79 Å². The first kappa shape index (κ1) is 11.0. The van der Waals surface area contributed by atoms with Gasteiger partial charge in [0, 0.05) is 11.8 Å². The summed E-state index contributed by atoms with van der Waals surface area (Å²) in [6.07, 6.45) is 3.43. The van der Waals surface area contributed by atoms with Gasteiger partial charge >= 0.3 is 0 Å². The molecule has 2 aliphatic carbocycles. The predicted molar refractivity (Wildman–Crippen MR) is 67.9 cm³/mol. The van der Waals surface area contributed by atoms with E-state index in [1.54, 1.807) is 0 Å². The maximum atomic E-state index is 12.3. The average Bonchev–Trinajstić information content (AvgIpc) is 2.80. The van der Waals surface area contributed by atoms with E-state index in [0.29, 0.717) is 23.5 Å². The Labute approximate surface area is 102 Å². The molecule has 0 aliphatic heterocycles. The fourth-order valence-corrected chi connectivity index (χ4v) is 3.77. The van der Waals surface area contributed by atoms with E-state index in [4.69, 9.17) is 0 Å². The highest BCUT2D eigenvalue weighted by Crippen LogP contribution is 2.47. The summed E-state index contributed by atoms with van der Waals surface area (Å²) in [6, 6.07) is 10.6. The molecule has 3 rings (SSSR count). The zero-order chi connectivity index (χ0) is 11.8. The summed E-state index contributed by atoms with van der Waals surface area (Å²) in [6.45, 7) is 0. The van der Waals surface area contributed by atoms with Crippen LogP contribution in [0.3, 0.4) is 0 Å². The van der Waals surface area contributed by atoms with E-state index >= 15 is 0 Å². The normalized spacial score (nSPS) is 36.2. The van der Waals surface area contributed by atoms with Gasteiger partial charge in [-0.2, -0.15) is 0 Å². The van der Waals surface area contributed by atoms with Crippen LogP contribution in [0.5, 0.6) is 0 Å². The fourth-order valence-electron chi connectivity index (χ4n) is 3.77. The summed E-state index contributed by atoms with van der Waals surface area (Å²) in [5.41, 5.74) is 1.32. The van der Waals surface area contributed by atoms with Gasteiger partial charge in [-0.3, -0.25) is 4.79 Å². The average molecular weight is 229 g/mol. The van der Waals surface area contributed by atoms with Crippen molar-refractivity contribution in [2.75, 3.05) is 7.05 Å². The van der Waals surface area contributed by atoms with Gasteiger partial charge in [-0.15, -0.1) is 0 Å². The molecule has 2 saturated carbocycles. The molecule has 0 heterocycles. The summed E-state index contributed by atoms with van der Waals surface area (Å²) in [5.74, 6) is 1.84. The van der Waals surface area contributed by atoms with Crippen LogP contribution >= 0.6 is 0 Å². The molecule has 2 bridgehead atoms. The van der Waals surface area contributed by atoms with Gasteiger partial charge in [0.2, 0.25) is 0 Å². The van der Waals surface area contributed by atoms with Crippen molar-refractivity contribution >= 4 is 5.78 Å². The molecule has 90 valence electrons. The molecular weight excluding hydrogens is 210 g/mol. The largest absolute Gasteiger partial charge is 0.310 e. The summed E-state index contributed by atoms with van der Waals surface area (Å²) in [4.78, 5) is 12.3. The standard InChI is InChI=1S/C15H19NO/c1-16-14-13(10-5-3-2-4-6-10)11-7-8-12(9-11)15(14)17/h2-6,11-14,16H,7-9H2,1H3. The van der Waals surface area contributed by atoms with E-state index in [2.05, 4.69) is 29.6 Å². The third-order valence-corrected chi connectivity index (χ3v) is 4.54. The Morgan fingerprint density at radius 1 is 1.18 bits per heavy atom. The number of carbonyl (C=O) groups excluding carboxylic acids is 1. The van der Waals surface area contributed by atoms with Crippen molar-refractivity contribution < 1.29 is 4.79 Å². The van der Waals surface area contributed by atoms with Crippen LogP contribution in [0.1, 0.15) is 30.7 Å². The molecule has 2 nitrogen and oxygen atoms in total. The van der Waals surface area contributed by atoms with Gasteiger partial charge in [0.15, 0.2) is 5.78 Å². The second-order valence-electron chi connectivity index (χ2n) is 5.38. The molecule has 0 radical (unpaired) electrons. The number of likely N-dealkylation sites (N-methyl/N-ethyl adjacent to an activating group) is 1. The molecule has 4 unspecified atom stereocenters. The van der Waals surface area contributed by atoms with Gasteiger partial charge in [0.1, 0.15) is 0 Å². The minimum absolute atomic E-state index is 0.0312. The second kappa shape index (κ2) is 4.26. The second-order valence-corrected chi connectivity index (χ2v) is 5.38. The summed E-state index contributed by atoms with van der Waals surface area (Å²) in [7, 11) is 1.92. The number of benzene rings is 1. The predicted octanol–water partition coefficient (Wildman–Crippen LogP) is 2.36. The number of hydrogen-bond donors (Lipinski definition) is 1. The summed E-state index contributed by atoms with van der Waals surface area (Å²) >= 11 is 0. The zero-order valence-electron chi connectivity index (χ0n) is 10.2. The topological polar surface area (TPSA) is 29.1 Å². The Morgan fingerprint density at radius 3 is 2.65 bits per heavy atom. The van der Waals surface area contributed by atoms with Gasteiger partial charge in [0.25, 0.3) is 0 Å². The quantitative estimate of drug-likeness (QED) is 0.843. The number of hydrogen-bond acceptors (Lipinski definition) is 2. The van der Waals surface area contributed by atoms with Gasteiger partial charge < -0.3 is 5.32 Å². The Balaban J connectivity index is 1.98. The van der Waals surface area contributed by atoms with E-state index in [0.717, 1.165) is 12.8 Å². The van der Waals surface area contributed by atoms with Crippen LogP contribution in [0.4, 0.5) is 0 Å². The van der Waals surface area contributed by atoms with Crippen LogP contribution in [-0.2, 0) is 4.79 Å². The third kappa shape index (κ3) is 1.71. The maximum Gasteiger partial charge on any atom is 0.153 e. The molecule has 2 aliphatic rings. The van der Waals surface area contributed by atoms with Gasteiger partial charge in [0.05, 0.1) is 6.04 Å². The van der Waals surface area contributed by atoms with Gasteiger partial charge in [-0.25, -0.2) is 0 Å². The van der Waals surface area contributed by atoms with Crippen LogP contribution in [0.25, 0.3) is 0 Å². The molecule has 17 heavy (non-hydrogen) atoms. The molecule has 0 aromatic heterocycles. The molecule has 0 saturated heterocycles. The van der Waals surface area contributed by atoms with Crippen LogP contribution in [0, 0.1) is 11.8 Å². The monoisotopic (exact) mass is 229 g/mol. The van der Waals surface area contributed by atoms with E-state index in [1.807, 2.05) is 13.1 Å². The molecule has 1 N–H and O–H groups in total. The first-order valence-electron chi connectivity index (χ1n) is 6.57. The lowest BCUT2D eigenvalue weighted by atomic mass is 9.72. The molecule has 0 amide bonds. The van der Waals surface area contributed by atoms with Crippen molar-refractivity contribution in [3.05, 3.63) is 35.9 Å². The molecule has 2 heteroatoms. The number of Topliss-reactive ketones (excluding diaryl/α,β-unsaturated/α-hetero) is 1. The number of nitrogens with one attached hydrogen (secondary N) is 1. The number of fused-ring (bicyclic) bond motifs is 2. The first-order valence-corrected chi connectivity index (χ1v) is 6.57. The Bertz CT molecular complexity index is 414. The minimum atomic E-state index is 0.0312. The molecule has 4 atom stereocenters. The summed E-state index contributed by atoms with van der Waals surface area (Å²) in [5, 5.41) is 3.25. The SMILES string of the molecule is CNC1C(=O)C2CCC(C2)C1c1ccccc1. The Morgan fingerprint density at radius 2 is 1.94 bits per heavy atom. The number of carbonyl (C=O) groups is 1. The van der Waals surface area contributed by atoms with E-state index in [1.165, 1.54) is 12.0 Å². The van der Waals surface area contributed by atoms with Crippen LogP contribution in [0.2, 0.25) is 0 Å². The highest BCUT2D eigenvalue weighted by Gasteiger charge is 2.47. The van der Waals surface area contributed by atoms with Crippen molar-refractivity contribution in [2.24, 2.45) is 11.8 Å². The third-order valence-electron chi connectivity index (χ3n) is 4.54. The highest BCUT2D eigenvalue weighted by atomic mass is 16.1. The van der Waals surface area contributed by atoms with Gasteiger partial charge in [-0.1, -0.05) is 30.3 Å². The van der Waals surface area contributed by atoms with Crippen LogP contribution in [-0.4, -0.2) is 18.9 Å². The lowest BCUT2D eigenvalue weighted by Gasteiger charge is -2.35. The fraction of sp³-hybridized carbons (Fsp3) is 0.533. The molecule has 2 fully saturated rings. The highest BCUT2D eigenvalue weighted by molar-refractivity contribution is 5.89. The molecular formula is C15H19NO. The van der Waals surface area contributed by atoms with Crippen LogP contribution < -0.4 is 5.32 Å². The summed E-state index contributed by atoms with van der Waals surface area (Å²) < 4.78 is 0. The maximum absolute atomic E-state index is 12.3. The van der Waals surface area contributed by atoms with E-state index < -0.39 is 0 Å². The number of rotatable bonds is 2. The Hall–Kier alpha value is -1.15. The van der Waals surface area contributed by atoms with Crippen molar-refractivity contribution in [3.8, 4) is 0 Å². The lowest BCUT2D eigenvalue weighted by Crippen LogP contribution is -2.47. The van der Waals surface area contributed by atoms with E-state index in [-0.39, 0.29) is 6.04 Å². The van der Waals surface area contributed by atoms with Crippen LogP contribution in [0.15, 0.2) is 30.3 Å². The van der Waals surface area contributed by atoms with Crippen molar-refractivity contribution in [1.82, 2.24) is 5.32 Å². The minimum Gasteiger partial charge on any atom is -0.310 e. The molecule has 1 aromatic carbocycles. The molecule has 1 aromatic rings. The lowest BCUT2D eigenvalue weighted by molar-refractivity contribution is -0.127. The van der Waals surface area contributed by atoms with Crippen molar-refractivity contribution in [3.63, 3.8) is 0 Å². The van der Waals surface area contributed by atoms with Crippen molar-refractivity contribution in [2.45, 2.75) is 31.2 Å². The smallest absolute Gasteiger partial charge is 0.153 e. The first-order chi connectivity index (χ1) is 8.31. The zero-order valence-corrected chi connectivity index (χ0v) is 10.2.